The van der Waals surface area contributed by atoms with Crippen molar-refractivity contribution in [2.24, 2.45) is 7.05 Å². The zero-order valence-electron chi connectivity index (χ0n) is 18.7. The molecule has 1 atom stereocenters. The van der Waals surface area contributed by atoms with Gasteiger partial charge in [-0.2, -0.15) is 23.0 Å². The van der Waals surface area contributed by atoms with E-state index in [0.717, 1.165) is 28.1 Å². The number of halogens is 3. The number of nitrogens with two attached hydrogens (primary N) is 1. The Morgan fingerprint density at radius 1 is 1.11 bits per heavy atom. The second-order valence-corrected chi connectivity index (χ2v) is 7.99. The summed E-state index contributed by atoms with van der Waals surface area (Å²) < 4.78 is 42.3. The molecule has 0 aliphatic rings. The summed E-state index contributed by atoms with van der Waals surface area (Å²) in [6.45, 7) is 1.53. The van der Waals surface area contributed by atoms with Crippen molar-refractivity contribution in [3.05, 3.63) is 94.3 Å². The molecule has 0 saturated heterocycles. The third-order valence-corrected chi connectivity index (χ3v) is 5.39. The van der Waals surface area contributed by atoms with Gasteiger partial charge in [-0.3, -0.25) is 9.59 Å². The molecule has 11 heteroatoms. The minimum atomic E-state index is -4.57. The molecule has 180 valence electrons. The number of amides is 1. The molecule has 0 aliphatic heterocycles. The fourth-order valence-corrected chi connectivity index (χ4v) is 3.59. The first-order valence-electron chi connectivity index (χ1n) is 10.5. The van der Waals surface area contributed by atoms with Gasteiger partial charge in [-0.15, -0.1) is 0 Å². The lowest BCUT2D eigenvalue weighted by Gasteiger charge is -2.17. The zero-order chi connectivity index (χ0) is 25.3. The lowest BCUT2D eigenvalue weighted by atomic mass is 10.0. The van der Waals surface area contributed by atoms with Crippen LogP contribution < -0.4 is 16.6 Å². The summed E-state index contributed by atoms with van der Waals surface area (Å²) in [6, 6.07) is 11.8. The molecule has 2 heterocycles. The summed E-state index contributed by atoms with van der Waals surface area (Å²) in [6.07, 6.45) is -1.24. The first-order valence-corrected chi connectivity index (χ1v) is 10.5. The number of carbonyl (C=O) groups excluding carboxylic acids is 1. The highest BCUT2D eigenvalue weighted by atomic mass is 19.4. The molecule has 2 aromatic heterocycles. The van der Waals surface area contributed by atoms with Crippen LogP contribution in [0.5, 0.6) is 0 Å². The van der Waals surface area contributed by atoms with Crippen molar-refractivity contribution in [2.75, 3.05) is 5.73 Å². The zero-order valence-corrected chi connectivity index (χ0v) is 18.7. The lowest BCUT2D eigenvalue weighted by molar-refractivity contribution is -0.137. The molecule has 0 radical (unpaired) electrons. The number of aromatic nitrogens is 4. The molecule has 0 aliphatic carbocycles. The van der Waals surface area contributed by atoms with Crippen molar-refractivity contribution in [1.29, 1.82) is 0 Å². The van der Waals surface area contributed by atoms with Gasteiger partial charge in [0.2, 0.25) is 0 Å². The second-order valence-electron chi connectivity index (χ2n) is 7.99. The molecule has 1 amide bonds. The van der Waals surface area contributed by atoms with Crippen LogP contribution in [0.25, 0.3) is 16.9 Å². The predicted molar refractivity (Wildman–Crippen MR) is 124 cm³/mol. The Labute approximate surface area is 197 Å². The van der Waals surface area contributed by atoms with Crippen LogP contribution in [0, 0.1) is 0 Å². The van der Waals surface area contributed by atoms with Crippen LogP contribution in [0.4, 0.5) is 18.9 Å². The number of nitrogens with zero attached hydrogens (tertiary/aromatic N) is 4. The Kier molecular flexibility index (Phi) is 6.16. The largest absolute Gasteiger partial charge is 0.416 e. The highest BCUT2D eigenvalue weighted by Gasteiger charge is 2.31. The van der Waals surface area contributed by atoms with E-state index in [-0.39, 0.29) is 16.9 Å². The van der Waals surface area contributed by atoms with Gasteiger partial charge in [-0.25, -0.2) is 4.98 Å². The number of alkyl halides is 3. The molecule has 4 rings (SSSR count). The Bertz CT molecular complexity index is 1460. The van der Waals surface area contributed by atoms with Gasteiger partial charge in [0.1, 0.15) is 5.69 Å². The van der Waals surface area contributed by atoms with E-state index in [0.29, 0.717) is 5.69 Å². The average Bonchev–Trinajstić information content (AvgIpc) is 3.24. The van der Waals surface area contributed by atoms with Gasteiger partial charge >= 0.3 is 6.18 Å². The van der Waals surface area contributed by atoms with Crippen LogP contribution in [-0.4, -0.2) is 25.2 Å². The first kappa shape index (κ1) is 23.7. The predicted octanol–water partition coefficient (Wildman–Crippen LogP) is 3.73. The van der Waals surface area contributed by atoms with E-state index in [1.807, 2.05) is 17.7 Å². The van der Waals surface area contributed by atoms with E-state index >= 15 is 0 Å². The van der Waals surface area contributed by atoms with Crippen LogP contribution in [0.1, 0.15) is 34.6 Å². The molecule has 4 aromatic rings. The van der Waals surface area contributed by atoms with Crippen molar-refractivity contribution in [1.82, 2.24) is 24.6 Å². The molecule has 0 bridgehead atoms. The Balaban J connectivity index is 1.61. The molecular weight excluding hydrogens is 461 g/mol. The SMILES string of the molecule is C[C@@H](NC(=O)c1ccc(=O)n(-c2cccc(-c3cncn3C)c2)n1)c1cc(N)cc(C(F)(F)F)c1. The van der Waals surface area contributed by atoms with Gasteiger partial charge in [0, 0.05) is 24.4 Å². The highest BCUT2D eigenvalue weighted by Crippen LogP contribution is 2.32. The number of rotatable bonds is 5. The fourth-order valence-electron chi connectivity index (χ4n) is 3.59. The molecule has 0 fully saturated rings. The van der Waals surface area contributed by atoms with Gasteiger partial charge in [0.15, 0.2) is 0 Å². The van der Waals surface area contributed by atoms with Crippen LogP contribution >= 0.6 is 0 Å². The van der Waals surface area contributed by atoms with Crippen molar-refractivity contribution < 1.29 is 18.0 Å². The summed E-state index contributed by atoms with van der Waals surface area (Å²) >= 11 is 0. The van der Waals surface area contributed by atoms with Crippen molar-refractivity contribution in [3.8, 4) is 16.9 Å². The summed E-state index contributed by atoms with van der Waals surface area (Å²) in [5.41, 5.74) is 6.34. The summed E-state index contributed by atoms with van der Waals surface area (Å²) in [5.74, 6) is -0.662. The molecule has 2 aromatic carbocycles. The van der Waals surface area contributed by atoms with E-state index in [1.165, 1.54) is 25.1 Å². The number of hydrogen-bond acceptors (Lipinski definition) is 5. The van der Waals surface area contributed by atoms with Crippen molar-refractivity contribution in [3.63, 3.8) is 0 Å². The van der Waals surface area contributed by atoms with E-state index in [9.17, 15) is 22.8 Å². The monoisotopic (exact) mass is 482 g/mol. The quantitative estimate of drug-likeness (QED) is 0.422. The van der Waals surface area contributed by atoms with Gasteiger partial charge < -0.3 is 15.6 Å². The number of anilines is 1. The first-order chi connectivity index (χ1) is 16.5. The molecule has 0 unspecified atom stereocenters. The molecule has 0 saturated carbocycles. The Hall–Kier alpha value is -4.41. The maximum Gasteiger partial charge on any atom is 0.416 e. The number of benzene rings is 2. The van der Waals surface area contributed by atoms with Gasteiger partial charge in [-0.1, -0.05) is 12.1 Å². The topological polar surface area (TPSA) is 108 Å². The minimum Gasteiger partial charge on any atom is -0.399 e. The van der Waals surface area contributed by atoms with Gasteiger partial charge in [0.05, 0.1) is 35.5 Å². The Morgan fingerprint density at radius 3 is 2.57 bits per heavy atom. The van der Waals surface area contributed by atoms with E-state index < -0.39 is 29.2 Å². The number of hydrogen-bond donors (Lipinski definition) is 2. The Morgan fingerprint density at radius 2 is 1.89 bits per heavy atom. The standard InChI is InChI=1S/C24H21F3N6O2/c1-14(16-8-17(24(25,26)27)11-18(28)9-16)30-23(35)20-6-7-22(34)33(31-20)19-5-3-4-15(10-19)21-12-29-13-32(21)2/h3-14H,28H2,1-2H3,(H,30,35)/t14-/m1/s1. The van der Waals surface area contributed by atoms with Crippen LogP contribution in [-0.2, 0) is 13.2 Å². The lowest BCUT2D eigenvalue weighted by Crippen LogP contribution is -2.30. The number of aryl methyl sites for hydroxylation is 1. The van der Waals surface area contributed by atoms with E-state index in [1.54, 1.807) is 30.7 Å². The minimum absolute atomic E-state index is 0.0732. The van der Waals surface area contributed by atoms with Gasteiger partial charge in [-0.05, 0) is 48.9 Å². The van der Waals surface area contributed by atoms with Crippen molar-refractivity contribution in [2.45, 2.75) is 19.1 Å². The maximum absolute atomic E-state index is 13.1. The fraction of sp³-hybridized carbons (Fsp3) is 0.167. The third kappa shape index (κ3) is 5.08. The van der Waals surface area contributed by atoms with Gasteiger partial charge in [0.25, 0.3) is 11.5 Å². The molecule has 3 N–H and O–H groups in total. The van der Waals surface area contributed by atoms with Crippen LogP contribution in [0.2, 0.25) is 0 Å². The van der Waals surface area contributed by atoms with Crippen molar-refractivity contribution >= 4 is 11.6 Å². The normalized spacial score (nSPS) is 12.4. The second kappa shape index (κ2) is 9.09. The average molecular weight is 482 g/mol. The number of nitrogen functional groups attached to an aromatic ring is 1. The number of imidazole rings is 1. The van der Waals surface area contributed by atoms with E-state index in [2.05, 4.69) is 15.4 Å². The number of carbonyl (C=O) groups is 1. The summed E-state index contributed by atoms with van der Waals surface area (Å²) in [5, 5.41) is 6.78. The molecular formula is C24H21F3N6O2. The summed E-state index contributed by atoms with van der Waals surface area (Å²) in [7, 11) is 1.84. The van der Waals surface area contributed by atoms with Crippen LogP contribution in [0.15, 0.2) is 71.9 Å². The maximum atomic E-state index is 13.1. The molecule has 8 nitrogen and oxygen atoms in total. The van der Waals surface area contributed by atoms with E-state index in [4.69, 9.17) is 5.73 Å². The smallest absolute Gasteiger partial charge is 0.399 e. The summed E-state index contributed by atoms with van der Waals surface area (Å²) in [4.78, 5) is 29.4. The van der Waals surface area contributed by atoms with Crippen LogP contribution in [0.3, 0.4) is 0 Å². The third-order valence-electron chi connectivity index (χ3n) is 5.39. The highest BCUT2D eigenvalue weighted by molar-refractivity contribution is 5.92. The molecule has 35 heavy (non-hydrogen) atoms. The number of nitrogens with one attached hydrogen (secondary N) is 1. The molecule has 0 spiro atoms.